The standard InChI is InChI=1S/C22H25Cl2NO4/c1-11-8-25(9-12(2)29-11)10-16-17(23)6-5-15(19(16)24)22(28)18-20(26)13-3-4-14(7-13)21(18)27/h5-6,11-14,26H,3-4,7-10H2,1-2H3. The summed E-state index contributed by atoms with van der Waals surface area (Å²) in [5, 5.41) is 11.3. The van der Waals surface area contributed by atoms with E-state index in [1.165, 1.54) is 0 Å². The second-order valence-electron chi connectivity index (χ2n) is 8.50. The van der Waals surface area contributed by atoms with Crippen LogP contribution in [0.3, 0.4) is 0 Å². The van der Waals surface area contributed by atoms with Crippen LogP contribution in [0.25, 0.3) is 0 Å². The molecule has 1 aromatic carbocycles. The fraction of sp³-hybridized carbons (Fsp3) is 0.545. The maximum absolute atomic E-state index is 13.2. The molecule has 7 heteroatoms. The zero-order chi connectivity index (χ0) is 20.9. The largest absolute Gasteiger partial charge is 0.511 e. The van der Waals surface area contributed by atoms with E-state index in [1.807, 2.05) is 13.8 Å². The molecular weight excluding hydrogens is 413 g/mol. The Morgan fingerprint density at radius 1 is 1.17 bits per heavy atom. The summed E-state index contributed by atoms with van der Waals surface area (Å²) in [6.45, 7) is 6.00. The highest BCUT2D eigenvalue weighted by molar-refractivity contribution is 6.40. The van der Waals surface area contributed by atoms with Crippen molar-refractivity contribution in [2.45, 2.75) is 51.9 Å². The molecule has 3 aliphatic rings. The van der Waals surface area contributed by atoms with Gasteiger partial charge in [-0.15, -0.1) is 0 Å². The van der Waals surface area contributed by atoms with Crippen molar-refractivity contribution in [2.24, 2.45) is 11.8 Å². The summed E-state index contributed by atoms with van der Waals surface area (Å²) in [5.74, 6) is -1.10. The van der Waals surface area contributed by atoms with Gasteiger partial charge in [0.05, 0.1) is 17.2 Å². The van der Waals surface area contributed by atoms with Gasteiger partial charge in [0, 0.05) is 47.6 Å². The lowest BCUT2D eigenvalue weighted by molar-refractivity contribution is -0.119. The molecule has 0 radical (unpaired) electrons. The second kappa shape index (κ2) is 8.03. The van der Waals surface area contributed by atoms with Crippen LogP contribution in [0.1, 0.15) is 49.0 Å². The highest BCUT2D eigenvalue weighted by Gasteiger charge is 2.43. The molecule has 29 heavy (non-hydrogen) atoms. The molecule has 4 rings (SSSR count). The lowest BCUT2D eigenvalue weighted by Crippen LogP contribution is -2.44. The van der Waals surface area contributed by atoms with E-state index in [1.54, 1.807) is 12.1 Å². The zero-order valence-electron chi connectivity index (χ0n) is 16.6. The van der Waals surface area contributed by atoms with E-state index in [4.69, 9.17) is 27.9 Å². The molecule has 1 aliphatic heterocycles. The van der Waals surface area contributed by atoms with Gasteiger partial charge in [0.15, 0.2) is 5.78 Å². The topological polar surface area (TPSA) is 66.8 Å². The molecule has 4 atom stereocenters. The predicted octanol–water partition coefficient (Wildman–Crippen LogP) is 4.60. The predicted molar refractivity (Wildman–Crippen MR) is 112 cm³/mol. The molecule has 1 saturated heterocycles. The van der Waals surface area contributed by atoms with Gasteiger partial charge in [-0.05, 0) is 45.2 Å². The number of hydrogen-bond donors (Lipinski definition) is 1. The first kappa shape index (κ1) is 20.9. The third kappa shape index (κ3) is 3.86. The molecule has 0 amide bonds. The van der Waals surface area contributed by atoms with Crippen LogP contribution in [0.2, 0.25) is 10.0 Å². The number of halogens is 2. The van der Waals surface area contributed by atoms with Crippen molar-refractivity contribution in [1.29, 1.82) is 0 Å². The number of aliphatic hydroxyl groups is 1. The van der Waals surface area contributed by atoms with Crippen molar-refractivity contribution in [3.8, 4) is 0 Å². The number of morpholine rings is 1. The first-order valence-corrected chi connectivity index (χ1v) is 10.9. The van der Waals surface area contributed by atoms with Gasteiger partial charge in [-0.3, -0.25) is 14.5 Å². The molecule has 0 aromatic heterocycles. The van der Waals surface area contributed by atoms with Crippen LogP contribution in [0.5, 0.6) is 0 Å². The number of benzene rings is 1. The van der Waals surface area contributed by atoms with Crippen molar-refractivity contribution in [3.63, 3.8) is 0 Å². The van der Waals surface area contributed by atoms with Crippen molar-refractivity contribution in [3.05, 3.63) is 44.6 Å². The lowest BCUT2D eigenvalue weighted by atomic mass is 9.83. The van der Waals surface area contributed by atoms with E-state index in [-0.39, 0.29) is 51.7 Å². The monoisotopic (exact) mass is 437 g/mol. The molecule has 1 N–H and O–H groups in total. The average Bonchev–Trinajstić information content (AvgIpc) is 3.10. The van der Waals surface area contributed by atoms with Gasteiger partial charge in [-0.1, -0.05) is 23.2 Å². The average molecular weight is 438 g/mol. The van der Waals surface area contributed by atoms with E-state index in [2.05, 4.69) is 4.90 Å². The number of carbonyl (C=O) groups is 2. The summed E-state index contributed by atoms with van der Waals surface area (Å²) in [7, 11) is 0. The summed E-state index contributed by atoms with van der Waals surface area (Å²) in [4.78, 5) is 28.1. The molecule has 156 valence electrons. The fourth-order valence-electron chi connectivity index (χ4n) is 4.92. The van der Waals surface area contributed by atoms with E-state index in [0.29, 0.717) is 23.6 Å². The Morgan fingerprint density at radius 3 is 2.52 bits per heavy atom. The SMILES string of the molecule is CC1CN(Cc2c(Cl)ccc(C(=O)C3=C(O)C4CCC(C4)C3=O)c2Cl)CC(C)O1. The molecule has 2 fully saturated rings. The molecule has 2 aliphatic carbocycles. The number of fused-ring (bicyclic) bond motifs is 2. The Morgan fingerprint density at radius 2 is 1.83 bits per heavy atom. The van der Waals surface area contributed by atoms with E-state index in [0.717, 1.165) is 25.9 Å². The molecule has 1 heterocycles. The minimum Gasteiger partial charge on any atom is -0.511 e. The third-order valence-corrected chi connectivity index (χ3v) is 7.01. The minimum absolute atomic E-state index is 0.0721. The first-order valence-electron chi connectivity index (χ1n) is 10.1. The van der Waals surface area contributed by atoms with Crippen molar-refractivity contribution >= 4 is 34.8 Å². The first-order chi connectivity index (χ1) is 13.8. The highest BCUT2D eigenvalue weighted by Crippen LogP contribution is 2.43. The number of ketones is 2. The van der Waals surface area contributed by atoms with Crippen molar-refractivity contribution in [1.82, 2.24) is 4.90 Å². The Balaban J connectivity index is 1.65. The normalized spacial score (nSPS) is 30.1. The highest BCUT2D eigenvalue weighted by atomic mass is 35.5. The summed E-state index contributed by atoms with van der Waals surface area (Å²) in [6.07, 6.45) is 2.29. The molecule has 4 unspecified atom stereocenters. The number of rotatable bonds is 4. The van der Waals surface area contributed by atoms with Gasteiger partial charge in [0.2, 0.25) is 5.78 Å². The maximum Gasteiger partial charge on any atom is 0.201 e. The number of nitrogens with zero attached hydrogens (tertiary/aromatic N) is 1. The van der Waals surface area contributed by atoms with Crippen LogP contribution in [-0.2, 0) is 16.1 Å². The number of carbonyl (C=O) groups excluding carboxylic acids is 2. The van der Waals surface area contributed by atoms with Gasteiger partial charge >= 0.3 is 0 Å². The third-order valence-electron chi connectivity index (χ3n) is 6.23. The Bertz CT molecular complexity index is 887. The van der Waals surface area contributed by atoms with Gasteiger partial charge < -0.3 is 9.84 Å². The van der Waals surface area contributed by atoms with Crippen LogP contribution >= 0.6 is 23.2 Å². The van der Waals surface area contributed by atoms with Crippen LogP contribution in [0.4, 0.5) is 0 Å². The Kier molecular flexibility index (Phi) is 5.77. The van der Waals surface area contributed by atoms with E-state index < -0.39 is 5.78 Å². The zero-order valence-corrected chi connectivity index (χ0v) is 18.1. The van der Waals surface area contributed by atoms with Crippen LogP contribution in [0.15, 0.2) is 23.5 Å². The van der Waals surface area contributed by atoms with Gasteiger partial charge in [-0.25, -0.2) is 0 Å². The lowest BCUT2D eigenvalue weighted by Gasteiger charge is -2.35. The van der Waals surface area contributed by atoms with Crippen LogP contribution < -0.4 is 0 Å². The molecule has 1 saturated carbocycles. The summed E-state index contributed by atoms with van der Waals surface area (Å²) in [6, 6.07) is 3.19. The van der Waals surface area contributed by atoms with Crippen LogP contribution in [0, 0.1) is 11.8 Å². The number of ether oxygens (including phenoxy) is 1. The van der Waals surface area contributed by atoms with E-state index >= 15 is 0 Å². The smallest absolute Gasteiger partial charge is 0.201 e. The van der Waals surface area contributed by atoms with Gasteiger partial charge in [-0.2, -0.15) is 0 Å². The number of Topliss-reactive ketones (excluding diaryl/α,β-unsaturated/α-hetero) is 2. The summed E-state index contributed by atoms with van der Waals surface area (Å²) in [5.41, 5.74) is 0.788. The molecule has 2 bridgehead atoms. The Hall–Kier alpha value is -1.40. The maximum atomic E-state index is 13.2. The fourth-order valence-corrected chi connectivity index (χ4v) is 5.50. The van der Waals surface area contributed by atoms with Crippen LogP contribution in [-0.4, -0.2) is 46.9 Å². The molecule has 0 spiro atoms. The molecular formula is C22H25Cl2NO4. The van der Waals surface area contributed by atoms with Crippen molar-refractivity contribution in [2.75, 3.05) is 13.1 Å². The number of aliphatic hydroxyl groups excluding tert-OH is 1. The molecule has 1 aromatic rings. The quantitative estimate of drug-likeness (QED) is 0.550. The van der Waals surface area contributed by atoms with Crippen molar-refractivity contribution < 1.29 is 19.4 Å². The van der Waals surface area contributed by atoms with E-state index in [9.17, 15) is 14.7 Å². The summed E-state index contributed by atoms with van der Waals surface area (Å²) >= 11 is 13.0. The van der Waals surface area contributed by atoms with Gasteiger partial charge in [0.25, 0.3) is 0 Å². The number of allylic oxidation sites excluding steroid dienone is 2. The second-order valence-corrected chi connectivity index (χ2v) is 9.28. The summed E-state index contributed by atoms with van der Waals surface area (Å²) < 4.78 is 5.77. The number of hydrogen-bond acceptors (Lipinski definition) is 5. The molecule has 5 nitrogen and oxygen atoms in total. The van der Waals surface area contributed by atoms with Gasteiger partial charge in [0.1, 0.15) is 11.3 Å². The Labute approximate surface area is 180 Å². The minimum atomic E-state index is -0.504.